The van der Waals surface area contributed by atoms with Crippen LogP contribution in [0.15, 0.2) is 199 Å². The Balaban J connectivity index is 1.13. The number of aromatic nitrogens is 3. The zero-order chi connectivity index (χ0) is 36.7. The number of hydrogen-bond donors (Lipinski definition) is 0. The van der Waals surface area contributed by atoms with Crippen molar-refractivity contribution in [1.29, 1.82) is 0 Å². The maximum atomic E-state index is 6.31. The highest BCUT2D eigenvalue weighted by molar-refractivity contribution is 6.28. The highest BCUT2D eigenvalue weighted by atomic mass is 16.3. The Labute approximate surface area is 321 Å². The van der Waals surface area contributed by atoms with E-state index in [0.29, 0.717) is 0 Å². The summed E-state index contributed by atoms with van der Waals surface area (Å²) in [4.78, 5) is 5.53. The Kier molecular flexibility index (Phi) is 6.60. The number of nitrogens with zero attached hydrogens (tertiary/aromatic N) is 3. The van der Waals surface area contributed by atoms with E-state index in [2.05, 4.69) is 191 Å². The second-order valence-electron chi connectivity index (χ2n) is 14.6. The van der Waals surface area contributed by atoms with Gasteiger partial charge in [0.1, 0.15) is 16.7 Å². The van der Waals surface area contributed by atoms with E-state index in [-0.39, 0.29) is 0 Å². The van der Waals surface area contributed by atoms with Crippen LogP contribution in [-0.2, 0) is 0 Å². The molecule has 0 atom stereocenters. The first-order valence-corrected chi connectivity index (χ1v) is 19.0. The molecule has 0 spiro atoms. The number of rotatable bonds is 4. The molecular formula is C52H32N3O+. The van der Waals surface area contributed by atoms with Gasteiger partial charge in [-0.1, -0.05) is 115 Å². The van der Waals surface area contributed by atoms with E-state index >= 15 is 0 Å². The Hall–Kier alpha value is -7.56. The fourth-order valence-corrected chi connectivity index (χ4v) is 8.80. The van der Waals surface area contributed by atoms with Crippen LogP contribution < -0.4 is 4.57 Å². The lowest BCUT2D eigenvalue weighted by Crippen LogP contribution is -2.32. The number of para-hydroxylation sites is 1. The van der Waals surface area contributed by atoms with Crippen molar-refractivity contribution >= 4 is 76.3 Å². The fraction of sp³-hybridized carbons (Fsp3) is 0. The van der Waals surface area contributed by atoms with Gasteiger partial charge in [-0.2, -0.15) is 4.57 Å². The third-order valence-corrected chi connectivity index (χ3v) is 11.5. The zero-order valence-corrected chi connectivity index (χ0v) is 30.2. The molecule has 12 aromatic rings. The summed E-state index contributed by atoms with van der Waals surface area (Å²) in [5, 5.41) is 9.64. The van der Waals surface area contributed by atoms with Gasteiger partial charge in [-0.3, -0.25) is 4.57 Å². The van der Waals surface area contributed by atoms with Crippen molar-refractivity contribution in [3.05, 3.63) is 194 Å². The second kappa shape index (κ2) is 12.0. The molecule has 0 amide bonds. The molecule has 9 aromatic carbocycles. The van der Waals surface area contributed by atoms with Crippen LogP contribution in [0.4, 0.5) is 0 Å². The third-order valence-electron chi connectivity index (χ3n) is 11.5. The quantitative estimate of drug-likeness (QED) is 0.170. The van der Waals surface area contributed by atoms with Crippen molar-refractivity contribution in [2.24, 2.45) is 0 Å². The molecule has 0 radical (unpaired) electrons. The lowest BCUT2D eigenvalue weighted by molar-refractivity contribution is -0.567. The maximum Gasteiger partial charge on any atom is 0.237 e. The topological polar surface area (TPSA) is 34.8 Å². The monoisotopic (exact) mass is 714 g/mol. The molecule has 0 aliphatic carbocycles. The SMILES string of the molecule is c1ccc(-c2ccc(-[n+]3cc(-n4c5ccc6ccccc6c5c5c6ccccc6ccc54)nc4cc(-c5ccc6c(c5)oc5ccccc56)ccc43)cc2)cc1. The number of fused-ring (bicyclic) bond motifs is 11. The van der Waals surface area contributed by atoms with E-state index in [1.54, 1.807) is 0 Å². The van der Waals surface area contributed by atoms with Crippen molar-refractivity contribution < 1.29 is 8.98 Å². The van der Waals surface area contributed by atoms with E-state index in [1.807, 2.05) is 12.1 Å². The van der Waals surface area contributed by atoms with Gasteiger partial charge in [0.2, 0.25) is 23.2 Å². The normalized spacial score (nSPS) is 11.9. The highest BCUT2D eigenvalue weighted by Crippen LogP contribution is 2.40. The van der Waals surface area contributed by atoms with Crippen LogP contribution >= 0.6 is 0 Å². The van der Waals surface area contributed by atoms with Gasteiger partial charge in [0.25, 0.3) is 0 Å². The Morgan fingerprint density at radius 1 is 0.429 bits per heavy atom. The first kappa shape index (κ1) is 30.9. The minimum absolute atomic E-state index is 0.847. The van der Waals surface area contributed by atoms with E-state index in [0.717, 1.165) is 66.6 Å². The summed E-state index contributed by atoms with van der Waals surface area (Å²) in [5.74, 6) is 0.847. The van der Waals surface area contributed by atoms with E-state index in [1.165, 1.54) is 43.4 Å². The van der Waals surface area contributed by atoms with Gasteiger partial charge >= 0.3 is 0 Å². The fourth-order valence-electron chi connectivity index (χ4n) is 8.80. The van der Waals surface area contributed by atoms with Crippen LogP contribution in [0.1, 0.15) is 0 Å². The zero-order valence-electron chi connectivity index (χ0n) is 30.2. The molecule has 0 unspecified atom stereocenters. The van der Waals surface area contributed by atoms with Crippen LogP contribution in [0.25, 0.3) is 110 Å². The molecule has 3 aromatic heterocycles. The first-order chi connectivity index (χ1) is 27.7. The summed E-state index contributed by atoms with van der Waals surface area (Å²) in [7, 11) is 0. The summed E-state index contributed by atoms with van der Waals surface area (Å²) in [6.45, 7) is 0. The molecular weight excluding hydrogens is 683 g/mol. The summed E-state index contributed by atoms with van der Waals surface area (Å²) < 4.78 is 11.0. The molecule has 0 aliphatic rings. The van der Waals surface area contributed by atoms with E-state index in [9.17, 15) is 0 Å². The molecule has 56 heavy (non-hydrogen) atoms. The van der Waals surface area contributed by atoms with Crippen molar-refractivity contribution in [2.45, 2.75) is 0 Å². The Bertz CT molecular complexity index is 3430. The molecule has 0 saturated carbocycles. The molecule has 0 N–H and O–H groups in total. The van der Waals surface area contributed by atoms with Gasteiger partial charge in [0.05, 0.1) is 11.0 Å². The van der Waals surface area contributed by atoms with Gasteiger partial charge < -0.3 is 4.42 Å². The lowest BCUT2D eigenvalue weighted by atomic mass is 10.00. The highest BCUT2D eigenvalue weighted by Gasteiger charge is 2.23. The van der Waals surface area contributed by atoms with Gasteiger partial charge in [-0.25, -0.2) is 4.98 Å². The van der Waals surface area contributed by atoms with Crippen LogP contribution in [0, 0.1) is 0 Å². The largest absolute Gasteiger partial charge is 0.456 e. The van der Waals surface area contributed by atoms with E-state index in [4.69, 9.17) is 9.40 Å². The lowest BCUT2D eigenvalue weighted by Gasteiger charge is -2.10. The predicted octanol–water partition coefficient (Wildman–Crippen LogP) is 13.1. The molecule has 12 rings (SSSR count). The molecule has 4 heteroatoms. The average Bonchev–Trinajstić information content (AvgIpc) is 3.82. The van der Waals surface area contributed by atoms with Gasteiger partial charge in [0, 0.05) is 39.7 Å². The minimum atomic E-state index is 0.847. The molecule has 0 aliphatic heterocycles. The van der Waals surface area contributed by atoms with Crippen molar-refractivity contribution in [3.63, 3.8) is 0 Å². The van der Waals surface area contributed by atoms with Gasteiger partial charge in [-0.05, 0) is 98.4 Å². The number of furan rings is 1. The van der Waals surface area contributed by atoms with Crippen LogP contribution in [0.5, 0.6) is 0 Å². The smallest absolute Gasteiger partial charge is 0.237 e. The Morgan fingerprint density at radius 2 is 1.00 bits per heavy atom. The molecule has 260 valence electrons. The standard InChI is InChI=1S/C52H32N3O/c1-2-10-33(11-3-1)34-18-24-39(25-19-34)54-32-50(53-44-30-37(23-27-45(44)54)38-20-26-43-42-16-8-9-17-48(42)56-49(43)31-38)55-46-28-21-35-12-4-6-14-40(35)51(46)52-41-15-7-5-13-36(41)22-29-47(52)55/h1-32H/q+1. The summed E-state index contributed by atoms with van der Waals surface area (Å²) in [6.07, 6.45) is 2.20. The molecule has 0 bridgehead atoms. The Morgan fingerprint density at radius 3 is 1.73 bits per heavy atom. The molecule has 0 fully saturated rings. The van der Waals surface area contributed by atoms with Gasteiger partial charge in [-0.15, -0.1) is 0 Å². The summed E-state index contributed by atoms with van der Waals surface area (Å²) in [6, 6.07) is 67.1. The van der Waals surface area contributed by atoms with Crippen molar-refractivity contribution in [1.82, 2.24) is 9.55 Å². The second-order valence-corrected chi connectivity index (χ2v) is 14.6. The van der Waals surface area contributed by atoms with Crippen molar-refractivity contribution in [3.8, 4) is 33.8 Å². The van der Waals surface area contributed by atoms with Crippen LogP contribution in [0.3, 0.4) is 0 Å². The number of benzene rings is 9. The predicted molar refractivity (Wildman–Crippen MR) is 231 cm³/mol. The summed E-state index contributed by atoms with van der Waals surface area (Å²) >= 11 is 0. The molecule has 4 nitrogen and oxygen atoms in total. The maximum absolute atomic E-state index is 6.31. The molecule has 3 heterocycles. The number of hydrogen-bond acceptors (Lipinski definition) is 2. The third kappa shape index (κ3) is 4.66. The molecule has 0 saturated heterocycles. The van der Waals surface area contributed by atoms with E-state index < -0.39 is 0 Å². The first-order valence-electron chi connectivity index (χ1n) is 19.0. The minimum Gasteiger partial charge on any atom is -0.456 e. The average molecular weight is 715 g/mol. The van der Waals surface area contributed by atoms with Crippen LogP contribution in [0.2, 0.25) is 0 Å². The van der Waals surface area contributed by atoms with Crippen LogP contribution in [-0.4, -0.2) is 9.55 Å². The summed E-state index contributed by atoms with van der Waals surface area (Å²) in [5.41, 5.74) is 11.5. The van der Waals surface area contributed by atoms with Crippen molar-refractivity contribution in [2.75, 3.05) is 0 Å². The van der Waals surface area contributed by atoms with Gasteiger partial charge in [0.15, 0.2) is 0 Å².